The van der Waals surface area contributed by atoms with Gasteiger partial charge in [0.05, 0.1) is 11.0 Å². The van der Waals surface area contributed by atoms with Crippen LogP contribution in [0.3, 0.4) is 0 Å². The van der Waals surface area contributed by atoms with E-state index in [1.165, 1.54) is 5.69 Å². The van der Waals surface area contributed by atoms with Crippen molar-refractivity contribution in [2.45, 2.75) is 12.8 Å². The third-order valence-corrected chi connectivity index (χ3v) is 5.04. The molecule has 1 aromatic heterocycles. The predicted octanol–water partition coefficient (Wildman–Crippen LogP) is 2.93. The van der Waals surface area contributed by atoms with Crippen molar-refractivity contribution < 1.29 is 4.79 Å². The van der Waals surface area contributed by atoms with Crippen molar-refractivity contribution >= 4 is 22.8 Å². The number of carbonyl (C=O) groups is 1. The molecule has 2 aromatic carbocycles. The number of carbonyl (C=O) groups excluding carboxylic acids is 1. The first-order valence-corrected chi connectivity index (χ1v) is 9.53. The van der Waals surface area contributed by atoms with E-state index in [4.69, 9.17) is 0 Å². The number of nitrogens with zero attached hydrogens (tertiary/aromatic N) is 2. The number of rotatable bonds is 6. The fraction of sp³-hybridized carbons (Fsp3) is 0.333. The minimum Gasteiger partial charge on any atom is -0.371 e. The van der Waals surface area contributed by atoms with Gasteiger partial charge in [0.15, 0.2) is 0 Å². The van der Waals surface area contributed by atoms with Crippen molar-refractivity contribution in [1.29, 1.82) is 0 Å². The third kappa shape index (κ3) is 4.39. The molecule has 1 aliphatic heterocycles. The molecule has 0 radical (unpaired) electrons. The second-order valence-corrected chi connectivity index (χ2v) is 7.02. The van der Waals surface area contributed by atoms with Crippen LogP contribution in [0.25, 0.3) is 11.0 Å². The lowest BCUT2D eigenvalue weighted by molar-refractivity contribution is 0.239. The van der Waals surface area contributed by atoms with Crippen LogP contribution in [0.5, 0.6) is 0 Å². The number of hydrogen-bond acceptors (Lipinski definition) is 3. The molecule has 0 bridgehead atoms. The SMILES string of the molecule is O=C(NCCc1nc2ccccc2[nH]1)NCC1CCN(c2ccccc2)C1. The highest BCUT2D eigenvalue weighted by atomic mass is 16.2. The number of fused-ring (bicyclic) bond motifs is 1. The van der Waals surface area contributed by atoms with E-state index in [1.54, 1.807) is 0 Å². The Morgan fingerprint density at radius 3 is 2.78 bits per heavy atom. The highest BCUT2D eigenvalue weighted by molar-refractivity contribution is 5.75. The molecule has 3 aromatic rings. The van der Waals surface area contributed by atoms with Crippen LogP contribution < -0.4 is 15.5 Å². The van der Waals surface area contributed by atoms with Gasteiger partial charge in [-0.3, -0.25) is 0 Å². The molecule has 2 heterocycles. The summed E-state index contributed by atoms with van der Waals surface area (Å²) >= 11 is 0. The number of aromatic nitrogens is 2. The zero-order chi connectivity index (χ0) is 18.5. The monoisotopic (exact) mass is 363 g/mol. The van der Waals surface area contributed by atoms with Crippen LogP contribution in [-0.4, -0.2) is 42.2 Å². The summed E-state index contributed by atoms with van der Waals surface area (Å²) in [7, 11) is 0. The molecule has 3 N–H and O–H groups in total. The summed E-state index contributed by atoms with van der Waals surface area (Å²) in [6.07, 6.45) is 1.79. The van der Waals surface area contributed by atoms with E-state index in [9.17, 15) is 4.79 Å². The van der Waals surface area contributed by atoms with Crippen LogP contribution in [0, 0.1) is 5.92 Å². The zero-order valence-corrected chi connectivity index (χ0v) is 15.3. The van der Waals surface area contributed by atoms with E-state index in [1.807, 2.05) is 30.3 Å². The number of benzene rings is 2. The lowest BCUT2D eigenvalue weighted by Crippen LogP contribution is -2.39. The van der Waals surface area contributed by atoms with Gasteiger partial charge in [-0.2, -0.15) is 0 Å². The van der Waals surface area contributed by atoms with Crippen LogP contribution in [0.15, 0.2) is 54.6 Å². The molecule has 6 nitrogen and oxygen atoms in total. The van der Waals surface area contributed by atoms with E-state index >= 15 is 0 Å². The van der Waals surface area contributed by atoms with Gasteiger partial charge in [-0.1, -0.05) is 30.3 Å². The molecule has 2 amide bonds. The average molecular weight is 363 g/mol. The Morgan fingerprint density at radius 2 is 1.93 bits per heavy atom. The number of urea groups is 1. The first-order valence-electron chi connectivity index (χ1n) is 9.53. The third-order valence-electron chi connectivity index (χ3n) is 5.04. The molecule has 0 spiro atoms. The van der Waals surface area contributed by atoms with Crippen molar-refractivity contribution in [3.05, 3.63) is 60.4 Å². The van der Waals surface area contributed by atoms with Gasteiger partial charge in [-0.05, 0) is 36.6 Å². The number of aromatic amines is 1. The van der Waals surface area contributed by atoms with Crippen molar-refractivity contribution in [1.82, 2.24) is 20.6 Å². The lowest BCUT2D eigenvalue weighted by atomic mass is 10.1. The summed E-state index contributed by atoms with van der Waals surface area (Å²) < 4.78 is 0. The largest absolute Gasteiger partial charge is 0.371 e. The average Bonchev–Trinajstić information content (AvgIpc) is 3.34. The fourth-order valence-electron chi connectivity index (χ4n) is 3.59. The molecule has 4 rings (SSSR count). The van der Waals surface area contributed by atoms with Crippen LogP contribution in [-0.2, 0) is 6.42 Å². The topological polar surface area (TPSA) is 73.0 Å². The lowest BCUT2D eigenvalue weighted by Gasteiger charge is -2.18. The van der Waals surface area contributed by atoms with Crippen molar-refractivity contribution in [2.75, 3.05) is 31.1 Å². The molecule has 1 aliphatic rings. The number of hydrogen-bond donors (Lipinski definition) is 3. The van der Waals surface area contributed by atoms with Gasteiger partial charge in [0.25, 0.3) is 0 Å². The number of para-hydroxylation sites is 3. The minimum absolute atomic E-state index is 0.107. The van der Waals surface area contributed by atoms with E-state index < -0.39 is 0 Å². The molecule has 0 aliphatic carbocycles. The van der Waals surface area contributed by atoms with Crippen molar-refractivity contribution in [3.63, 3.8) is 0 Å². The second-order valence-electron chi connectivity index (χ2n) is 7.02. The molecule has 1 fully saturated rings. The fourth-order valence-corrected chi connectivity index (χ4v) is 3.59. The molecule has 1 saturated heterocycles. The Kier molecular flexibility index (Phi) is 5.23. The standard InChI is InChI=1S/C21H25N5O/c27-21(22-12-10-20-24-18-8-4-5-9-19(18)25-20)23-14-16-11-13-26(15-16)17-6-2-1-3-7-17/h1-9,16H,10-15H2,(H,24,25)(H2,22,23,27). The minimum atomic E-state index is -0.107. The first-order chi connectivity index (χ1) is 13.3. The highest BCUT2D eigenvalue weighted by Crippen LogP contribution is 2.22. The van der Waals surface area contributed by atoms with Gasteiger partial charge in [0.2, 0.25) is 0 Å². The Hall–Kier alpha value is -3.02. The maximum Gasteiger partial charge on any atom is 0.314 e. The molecular weight excluding hydrogens is 338 g/mol. The van der Waals surface area contributed by atoms with Crippen LogP contribution in [0.2, 0.25) is 0 Å². The maximum absolute atomic E-state index is 12.0. The highest BCUT2D eigenvalue weighted by Gasteiger charge is 2.22. The number of amides is 2. The van der Waals surface area contributed by atoms with E-state index in [0.29, 0.717) is 25.4 Å². The molecule has 140 valence electrons. The number of H-pyrrole nitrogens is 1. The van der Waals surface area contributed by atoms with Crippen LogP contribution in [0.1, 0.15) is 12.2 Å². The molecular formula is C21H25N5O. The Labute approximate surface area is 159 Å². The summed E-state index contributed by atoms with van der Waals surface area (Å²) in [6, 6.07) is 18.3. The summed E-state index contributed by atoms with van der Waals surface area (Å²) in [6.45, 7) is 3.31. The summed E-state index contributed by atoms with van der Waals surface area (Å²) in [5.74, 6) is 1.39. The van der Waals surface area contributed by atoms with Crippen molar-refractivity contribution in [2.24, 2.45) is 5.92 Å². The predicted molar refractivity (Wildman–Crippen MR) is 108 cm³/mol. The van der Waals surface area contributed by atoms with E-state index in [0.717, 1.165) is 36.4 Å². The van der Waals surface area contributed by atoms with Crippen molar-refractivity contribution in [3.8, 4) is 0 Å². The Bertz CT molecular complexity index is 859. The van der Waals surface area contributed by atoms with E-state index in [2.05, 4.69) is 49.8 Å². The summed E-state index contributed by atoms with van der Waals surface area (Å²) in [4.78, 5) is 22.2. The number of anilines is 1. The zero-order valence-electron chi connectivity index (χ0n) is 15.3. The second kappa shape index (κ2) is 8.12. The molecule has 1 unspecified atom stereocenters. The van der Waals surface area contributed by atoms with Gasteiger partial charge in [0.1, 0.15) is 5.82 Å². The Balaban J connectivity index is 1.17. The molecule has 27 heavy (non-hydrogen) atoms. The number of imidazole rings is 1. The van der Waals surface area contributed by atoms with Gasteiger partial charge in [0, 0.05) is 38.3 Å². The molecule has 0 saturated carbocycles. The van der Waals surface area contributed by atoms with Crippen LogP contribution in [0.4, 0.5) is 10.5 Å². The molecule has 6 heteroatoms. The van der Waals surface area contributed by atoms with Gasteiger partial charge in [-0.25, -0.2) is 9.78 Å². The quantitative estimate of drug-likeness (QED) is 0.630. The number of nitrogens with one attached hydrogen (secondary N) is 3. The first kappa shape index (κ1) is 17.4. The van der Waals surface area contributed by atoms with Crippen LogP contribution >= 0.6 is 0 Å². The summed E-state index contributed by atoms with van der Waals surface area (Å²) in [5, 5.41) is 5.92. The van der Waals surface area contributed by atoms with Gasteiger partial charge >= 0.3 is 6.03 Å². The molecule has 1 atom stereocenters. The summed E-state index contributed by atoms with van der Waals surface area (Å²) in [5.41, 5.74) is 3.25. The smallest absolute Gasteiger partial charge is 0.314 e. The maximum atomic E-state index is 12.0. The normalized spacial score (nSPS) is 16.6. The van der Waals surface area contributed by atoms with Gasteiger partial charge < -0.3 is 20.5 Å². The Morgan fingerprint density at radius 1 is 1.11 bits per heavy atom. The van der Waals surface area contributed by atoms with E-state index in [-0.39, 0.29) is 6.03 Å². The van der Waals surface area contributed by atoms with Gasteiger partial charge in [-0.15, -0.1) is 0 Å².